The van der Waals surface area contributed by atoms with Gasteiger partial charge < -0.3 is 10.2 Å². The number of para-hydroxylation sites is 1. The molecule has 2 heterocycles. The molecular formula is C17H26N2. The minimum absolute atomic E-state index is 0.694. The van der Waals surface area contributed by atoms with Crippen LogP contribution < -0.4 is 10.2 Å². The van der Waals surface area contributed by atoms with Crippen molar-refractivity contribution in [3.8, 4) is 0 Å². The van der Waals surface area contributed by atoms with E-state index in [1.54, 1.807) is 5.56 Å². The summed E-state index contributed by atoms with van der Waals surface area (Å²) in [6.07, 6.45) is 9.41. The van der Waals surface area contributed by atoms with Crippen LogP contribution in [0.3, 0.4) is 0 Å². The Bertz CT molecular complexity index is 390. The summed E-state index contributed by atoms with van der Waals surface area (Å²) in [5.74, 6) is 0. The lowest BCUT2D eigenvalue weighted by Crippen LogP contribution is -2.36. The van der Waals surface area contributed by atoms with Gasteiger partial charge in [0.25, 0.3) is 0 Å². The van der Waals surface area contributed by atoms with Crippen LogP contribution in [0.4, 0.5) is 5.69 Å². The molecule has 0 spiro atoms. The van der Waals surface area contributed by atoms with E-state index < -0.39 is 0 Å². The summed E-state index contributed by atoms with van der Waals surface area (Å²) in [6, 6.07) is 9.75. The molecule has 2 fully saturated rings. The Morgan fingerprint density at radius 2 is 1.84 bits per heavy atom. The van der Waals surface area contributed by atoms with Gasteiger partial charge in [0.05, 0.1) is 0 Å². The molecule has 19 heavy (non-hydrogen) atoms. The van der Waals surface area contributed by atoms with Crippen LogP contribution in [-0.4, -0.2) is 25.7 Å². The molecular weight excluding hydrogens is 232 g/mol. The summed E-state index contributed by atoms with van der Waals surface area (Å²) >= 11 is 0. The van der Waals surface area contributed by atoms with Gasteiger partial charge >= 0.3 is 0 Å². The monoisotopic (exact) mass is 258 g/mol. The van der Waals surface area contributed by atoms with Gasteiger partial charge in [-0.3, -0.25) is 0 Å². The lowest BCUT2D eigenvalue weighted by atomic mass is 9.96. The number of nitrogens with zero attached hydrogens (tertiary/aromatic N) is 1. The Kier molecular flexibility index (Phi) is 4.39. The Hall–Kier alpha value is -1.02. The average molecular weight is 258 g/mol. The van der Waals surface area contributed by atoms with Crippen molar-refractivity contribution in [3.63, 3.8) is 0 Å². The molecule has 1 N–H and O–H groups in total. The molecule has 1 aromatic carbocycles. The van der Waals surface area contributed by atoms with E-state index in [9.17, 15) is 0 Å². The fourth-order valence-electron chi connectivity index (χ4n) is 3.49. The second-order valence-corrected chi connectivity index (χ2v) is 6.03. The van der Waals surface area contributed by atoms with E-state index in [-0.39, 0.29) is 0 Å². The van der Waals surface area contributed by atoms with E-state index in [2.05, 4.69) is 34.5 Å². The van der Waals surface area contributed by atoms with Gasteiger partial charge in [0.15, 0.2) is 0 Å². The summed E-state index contributed by atoms with van der Waals surface area (Å²) in [7, 11) is 0. The SMILES string of the molecule is c1ccc(N2CCCCC2)c(CC2CCCCN2)c1. The molecule has 2 nitrogen and oxygen atoms in total. The molecule has 1 aromatic rings. The maximum atomic E-state index is 3.68. The number of hydrogen-bond donors (Lipinski definition) is 1. The fraction of sp³-hybridized carbons (Fsp3) is 0.647. The normalized spacial score (nSPS) is 24.4. The molecule has 0 radical (unpaired) electrons. The van der Waals surface area contributed by atoms with Crippen molar-refractivity contribution >= 4 is 5.69 Å². The van der Waals surface area contributed by atoms with Crippen molar-refractivity contribution in [1.29, 1.82) is 0 Å². The first kappa shape index (κ1) is 13.0. The van der Waals surface area contributed by atoms with Crippen molar-refractivity contribution in [3.05, 3.63) is 29.8 Å². The van der Waals surface area contributed by atoms with Gasteiger partial charge in [-0.15, -0.1) is 0 Å². The number of rotatable bonds is 3. The molecule has 0 bridgehead atoms. The first-order valence-electron chi connectivity index (χ1n) is 8.00. The molecule has 0 aliphatic carbocycles. The van der Waals surface area contributed by atoms with E-state index in [0.29, 0.717) is 6.04 Å². The van der Waals surface area contributed by atoms with Gasteiger partial charge in [0.1, 0.15) is 0 Å². The van der Waals surface area contributed by atoms with Crippen molar-refractivity contribution in [2.24, 2.45) is 0 Å². The molecule has 0 saturated carbocycles. The van der Waals surface area contributed by atoms with E-state index in [1.807, 2.05) is 0 Å². The Labute approximate surface area is 117 Å². The van der Waals surface area contributed by atoms with Crippen molar-refractivity contribution in [2.45, 2.75) is 51.0 Å². The third-order valence-corrected chi connectivity index (χ3v) is 4.57. The van der Waals surface area contributed by atoms with Crippen molar-refractivity contribution in [2.75, 3.05) is 24.5 Å². The zero-order chi connectivity index (χ0) is 12.9. The fourth-order valence-corrected chi connectivity index (χ4v) is 3.49. The Balaban J connectivity index is 1.72. The maximum Gasteiger partial charge on any atom is 0.0399 e. The van der Waals surface area contributed by atoms with Crippen molar-refractivity contribution in [1.82, 2.24) is 5.32 Å². The molecule has 2 saturated heterocycles. The average Bonchev–Trinajstić information content (AvgIpc) is 2.50. The van der Waals surface area contributed by atoms with E-state index in [4.69, 9.17) is 0 Å². The molecule has 0 amide bonds. The summed E-state index contributed by atoms with van der Waals surface area (Å²) in [5.41, 5.74) is 3.04. The largest absolute Gasteiger partial charge is 0.371 e. The number of nitrogens with one attached hydrogen (secondary N) is 1. The minimum Gasteiger partial charge on any atom is -0.371 e. The van der Waals surface area contributed by atoms with Crippen LogP contribution in [0.15, 0.2) is 24.3 Å². The molecule has 2 aliphatic rings. The third-order valence-electron chi connectivity index (χ3n) is 4.57. The second-order valence-electron chi connectivity index (χ2n) is 6.03. The van der Waals surface area contributed by atoms with Crippen LogP contribution in [0.5, 0.6) is 0 Å². The first-order valence-corrected chi connectivity index (χ1v) is 8.00. The summed E-state index contributed by atoms with van der Waals surface area (Å²) < 4.78 is 0. The minimum atomic E-state index is 0.694. The molecule has 1 unspecified atom stereocenters. The zero-order valence-electron chi connectivity index (χ0n) is 11.9. The summed E-state index contributed by atoms with van der Waals surface area (Å²) in [4.78, 5) is 2.60. The second kappa shape index (κ2) is 6.42. The number of benzene rings is 1. The lowest BCUT2D eigenvalue weighted by molar-refractivity contribution is 0.399. The van der Waals surface area contributed by atoms with Gasteiger partial charge in [-0.1, -0.05) is 24.6 Å². The van der Waals surface area contributed by atoms with Crippen LogP contribution in [0, 0.1) is 0 Å². The van der Waals surface area contributed by atoms with Crippen LogP contribution >= 0.6 is 0 Å². The van der Waals surface area contributed by atoms with Crippen LogP contribution in [0.1, 0.15) is 44.1 Å². The highest BCUT2D eigenvalue weighted by Gasteiger charge is 2.18. The van der Waals surface area contributed by atoms with Crippen LogP contribution in [-0.2, 0) is 6.42 Å². The van der Waals surface area contributed by atoms with Gasteiger partial charge in [0, 0.05) is 24.8 Å². The molecule has 2 aliphatic heterocycles. The Morgan fingerprint density at radius 3 is 2.63 bits per heavy atom. The summed E-state index contributed by atoms with van der Waals surface area (Å²) in [6.45, 7) is 3.70. The predicted molar refractivity (Wildman–Crippen MR) is 81.9 cm³/mol. The van der Waals surface area contributed by atoms with E-state index in [0.717, 1.165) is 0 Å². The van der Waals surface area contributed by atoms with Gasteiger partial charge in [-0.25, -0.2) is 0 Å². The molecule has 3 rings (SSSR count). The van der Waals surface area contributed by atoms with E-state index >= 15 is 0 Å². The Morgan fingerprint density at radius 1 is 1.00 bits per heavy atom. The first-order chi connectivity index (χ1) is 9.43. The molecule has 1 atom stereocenters. The zero-order valence-corrected chi connectivity index (χ0v) is 11.9. The van der Waals surface area contributed by atoms with Crippen LogP contribution in [0.25, 0.3) is 0 Å². The lowest BCUT2D eigenvalue weighted by Gasteiger charge is -2.32. The maximum absolute atomic E-state index is 3.68. The van der Waals surface area contributed by atoms with Gasteiger partial charge in [0.2, 0.25) is 0 Å². The van der Waals surface area contributed by atoms with Crippen molar-refractivity contribution < 1.29 is 0 Å². The van der Waals surface area contributed by atoms with Gasteiger partial charge in [-0.2, -0.15) is 0 Å². The predicted octanol–water partition coefficient (Wildman–Crippen LogP) is 3.36. The van der Waals surface area contributed by atoms with Crippen LogP contribution in [0.2, 0.25) is 0 Å². The highest BCUT2D eigenvalue weighted by molar-refractivity contribution is 5.54. The highest BCUT2D eigenvalue weighted by atomic mass is 15.1. The van der Waals surface area contributed by atoms with E-state index in [1.165, 1.54) is 70.3 Å². The smallest absolute Gasteiger partial charge is 0.0399 e. The number of hydrogen-bond acceptors (Lipinski definition) is 2. The molecule has 104 valence electrons. The highest BCUT2D eigenvalue weighted by Crippen LogP contribution is 2.26. The number of piperidine rings is 2. The standard InChI is InChI=1S/C17H26N2/c1-6-12-19(13-7-1)17-10-3-2-8-15(17)14-16-9-4-5-11-18-16/h2-3,8,10,16,18H,1,4-7,9,11-14H2. The molecule has 2 heteroatoms. The van der Waals surface area contributed by atoms with Gasteiger partial charge in [-0.05, 0) is 56.7 Å². The topological polar surface area (TPSA) is 15.3 Å². The number of anilines is 1. The summed E-state index contributed by atoms with van der Waals surface area (Å²) in [5, 5.41) is 3.68. The molecule has 0 aromatic heterocycles. The third kappa shape index (κ3) is 3.30. The quantitative estimate of drug-likeness (QED) is 0.894.